The summed E-state index contributed by atoms with van der Waals surface area (Å²) in [6.45, 7) is 1.86. The van der Waals surface area contributed by atoms with Crippen LogP contribution in [0.25, 0.3) is 0 Å². The number of hydrogen-bond donors (Lipinski definition) is 2. The fraction of sp³-hybridized carbons (Fsp3) is 0.0625. The zero-order valence-corrected chi connectivity index (χ0v) is 12.2. The summed E-state index contributed by atoms with van der Waals surface area (Å²) < 4.78 is 9.45. The highest BCUT2D eigenvalue weighted by Gasteiger charge is 2.08. The Morgan fingerprint density at radius 3 is 2.13 bits per heavy atom. The standard InChI is InChI=1S/C11H10N2O2.C5H4O3/c1-8-4-2-6-10(12-8)13-11(14)9-5-3-7-15-9;6-5(7)4-2-1-3-8-4/h2-7H,1H3,(H,12,13,14);1-3H,(H,6,7). The van der Waals surface area contributed by atoms with Gasteiger partial charge in [-0.1, -0.05) is 6.07 Å². The molecule has 7 heteroatoms. The van der Waals surface area contributed by atoms with E-state index in [0.717, 1.165) is 5.69 Å². The minimum atomic E-state index is -1.03. The molecule has 0 fully saturated rings. The molecule has 2 N–H and O–H groups in total. The zero-order valence-electron chi connectivity index (χ0n) is 12.2. The molecule has 3 heterocycles. The van der Waals surface area contributed by atoms with E-state index in [-0.39, 0.29) is 17.4 Å². The number of carbonyl (C=O) groups excluding carboxylic acids is 1. The summed E-state index contributed by atoms with van der Waals surface area (Å²) in [5.41, 5.74) is 0.854. The van der Waals surface area contributed by atoms with Crippen molar-refractivity contribution < 1.29 is 23.5 Å². The number of amides is 1. The zero-order chi connectivity index (χ0) is 16.7. The van der Waals surface area contributed by atoms with E-state index in [0.29, 0.717) is 5.82 Å². The van der Waals surface area contributed by atoms with Crippen molar-refractivity contribution in [1.82, 2.24) is 4.98 Å². The lowest BCUT2D eigenvalue weighted by Gasteiger charge is -2.02. The summed E-state index contributed by atoms with van der Waals surface area (Å²) in [6.07, 6.45) is 2.78. The van der Waals surface area contributed by atoms with Crippen LogP contribution in [0.15, 0.2) is 63.8 Å². The Labute approximate surface area is 131 Å². The number of aromatic nitrogens is 1. The Hall–Kier alpha value is -3.35. The number of anilines is 1. The van der Waals surface area contributed by atoms with Gasteiger partial charge in [-0.05, 0) is 43.3 Å². The van der Waals surface area contributed by atoms with Gasteiger partial charge in [-0.15, -0.1) is 0 Å². The Morgan fingerprint density at radius 2 is 1.65 bits per heavy atom. The first-order valence-electron chi connectivity index (χ1n) is 6.61. The summed E-state index contributed by atoms with van der Waals surface area (Å²) in [4.78, 5) is 25.7. The molecule has 0 aliphatic heterocycles. The van der Waals surface area contributed by atoms with Gasteiger partial charge in [-0.2, -0.15) is 0 Å². The molecule has 3 aromatic heterocycles. The van der Waals surface area contributed by atoms with Crippen molar-refractivity contribution in [3.05, 3.63) is 72.2 Å². The summed E-state index contributed by atoms with van der Waals surface area (Å²) in [6, 6.07) is 11.6. The van der Waals surface area contributed by atoms with Crippen molar-refractivity contribution in [2.24, 2.45) is 0 Å². The molecule has 118 valence electrons. The van der Waals surface area contributed by atoms with Crippen LogP contribution in [0.3, 0.4) is 0 Å². The third-order valence-electron chi connectivity index (χ3n) is 2.61. The second-order valence-corrected chi connectivity index (χ2v) is 4.38. The van der Waals surface area contributed by atoms with E-state index in [9.17, 15) is 9.59 Å². The largest absolute Gasteiger partial charge is 0.475 e. The smallest absolute Gasteiger partial charge is 0.371 e. The molecule has 3 aromatic rings. The van der Waals surface area contributed by atoms with E-state index in [4.69, 9.17) is 9.52 Å². The van der Waals surface area contributed by atoms with E-state index in [1.165, 1.54) is 24.7 Å². The molecule has 0 radical (unpaired) electrons. The van der Waals surface area contributed by atoms with E-state index < -0.39 is 5.97 Å². The van der Waals surface area contributed by atoms with E-state index in [2.05, 4.69) is 14.7 Å². The number of furan rings is 2. The van der Waals surface area contributed by atoms with Crippen LogP contribution in [0.1, 0.15) is 26.8 Å². The van der Waals surface area contributed by atoms with E-state index in [1.807, 2.05) is 19.1 Å². The van der Waals surface area contributed by atoms with Crippen LogP contribution in [0.5, 0.6) is 0 Å². The second-order valence-electron chi connectivity index (χ2n) is 4.38. The van der Waals surface area contributed by atoms with Crippen molar-refractivity contribution in [1.29, 1.82) is 0 Å². The van der Waals surface area contributed by atoms with Crippen molar-refractivity contribution in [3.63, 3.8) is 0 Å². The van der Waals surface area contributed by atoms with Crippen molar-refractivity contribution >= 4 is 17.7 Å². The molecule has 0 saturated heterocycles. The average molecular weight is 314 g/mol. The molecular formula is C16H14N2O5. The highest BCUT2D eigenvalue weighted by molar-refractivity contribution is 6.01. The number of pyridine rings is 1. The number of rotatable bonds is 3. The van der Waals surface area contributed by atoms with Crippen LogP contribution in [0.2, 0.25) is 0 Å². The first kappa shape index (κ1) is 16.0. The SMILES string of the molecule is Cc1cccc(NC(=O)c2ccco2)n1.O=C(O)c1ccco1. The summed E-state index contributed by atoms with van der Waals surface area (Å²) >= 11 is 0. The molecule has 0 aromatic carbocycles. The quantitative estimate of drug-likeness (QED) is 0.769. The Bertz CT molecular complexity index is 764. The molecule has 0 aliphatic carbocycles. The molecule has 0 unspecified atom stereocenters. The number of carboxylic acids is 1. The van der Waals surface area contributed by atoms with Gasteiger partial charge in [0.1, 0.15) is 5.82 Å². The van der Waals surface area contributed by atoms with Crippen molar-refractivity contribution in [2.45, 2.75) is 6.92 Å². The third kappa shape index (κ3) is 4.85. The van der Waals surface area contributed by atoms with Gasteiger partial charge in [0.05, 0.1) is 12.5 Å². The lowest BCUT2D eigenvalue weighted by atomic mass is 10.3. The van der Waals surface area contributed by atoms with Crippen LogP contribution >= 0.6 is 0 Å². The van der Waals surface area contributed by atoms with Crippen molar-refractivity contribution in [3.8, 4) is 0 Å². The fourth-order valence-corrected chi connectivity index (χ4v) is 1.60. The van der Waals surface area contributed by atoms with Gasteiger partial charge in [0, 0.05) is 5.69 Å². The fourth-order valence-electron chi connectivity index (χ4n) is 1.60. The second kappa shape index (κ2) is 7.60. The first-order valence-corrected chi connectivity index (χ1v) is 6.61. The normalized spacial score (nSPS) is 9.61. The van der Waals surface area contributed by atoms with Crippen molar-refractivity contribution in [2.75, 3.05) is 5.32 Å². The van der Waals surface area contributed by atoms with E-state index in [1.54, 1.807) is 18.2 Å². The first-order chi connectivity index (χ1) is 11.1. The van der Waals surface area contributed by atoms with Gasteiger partial charge in [-0.25, -0.2) is 9.78 Å². The van der Waals surface area contributed by atoms with Gasteiger partial charge in [-0.3, -0.25) is 4.79 Å². The Morgan fingerprint density at radius 1 is 1.00 bits per heavy atom. The van der Waals surface area contributed by atoms with Crippen LogP contribution in [0.4, 0.5) is 5.82 Å². The third-order valence-corrected chi connectivity index (χ3v) is 2.61. The number of nitrogens with zero attached hydrogens (tertiary/aromatic N) is 1. The predicted octanol–water partition coefficient (Wildman–Crippen LogP) is 3.21. The topological polar surface area (TPSA) is 106 Å². The molecule has 3 rings (SSSR count). The summed E-state index contributed by atoms with van der Waals surface area (Å²) in [5.74, 6) is -0.548. The highest BCUT2D eigenvalue weighted by atomic mass is 16.4. The number of carbonyl (C=O) groups is 2. The number of aromatic carboxylic acids is 1. The maximum absolute atomic E-state index is 11.5. The number of aryl methyl sites for hydroxylation is 1. The van der Waals surface area contributed by atoms with Crippen LogP contribution in [0, 0.1) is 6.92 Å². The summed E-state index contributed by atoms with van der Waals surface area (Å²) in [5, 5.41) is 10.8. The number of hydrogen-bond acceptors (Lipinski definition) is 5. The lowest BCUT2D eigenvalue weighted by Crippen LogP contribution is -2.12. The molecule has 23 heavy (non-hydrogen) atoms. The van der Waals surface area contributed by atoms with Gasteiger partial charge >= 0.3 is 5.97 Å². The van der Waals surface area contributed by atoms with Gasteiger partial charge in [0.2, 0.25) is 5.76 Å². The average Bonchev–Trinajstić information content (AvgIpc) is 3.22. The predicted molar refractivity (Wildman–Crippen MR) is 81.3 cm³/mol. The molecule has 1 amide bonds. The molecule has 0 bridgehead atoms. The van der Waals surface area contributed by atoms with Gasteiger partial charge < -0.3 is 19.3 Å². The lowest BCUT2D eigenvalue weighted by molar-refractivity contribution is 0.0662. The minimum Gasteiger partial charge on any atom is -0.475 e. The van der Waals surface area contributed by atoms with Gasteiger partial charge in [0.25, 0.3) is 5.91 Å². The number of carboxylic acid groups (broad SMARTS) is 1. The van der Waals surface area contributed by atoms with E-state index >= 15 is 0 Å². The highest BCUT2D eigenvalue weighted by Crippen LogP contribution is 2.07. The van der Waals surface area contributed by atoms with Crippen LogP contribution in [-0.2, 0) is 0 Å². The van der Waals surface area contributed by atoms with Gasteiger partial charge in [0.15, 0.2) is 5.76 Å². The maximum Gasteiger partial charge on any atom is 0.371 e. The minimum absolute atomic E-state index is 0.0231. The molecule has 0 aliphatic rings. The number of nitrogens with one attached hydrogen (secondary N) is 1. The molecule has 7 nitrogen and oxygen atoms in total. The maximum atomic E-state index is 11.5. The molecular weight excluding hydrogens is 300 g/mol. The monoisotopic (exact) mass is 314 g/mol. The Kier molecular flexibility index (Phi) is 5.30. The molecule has 0 spiro atoms. The molecule has 0 atom stereocenters. The molecule has 0 saturated carbocycles. The van der Waals surface area contributed by atoms with Crippen LogP contribution < -0.4 is 5.32 Å². The Balaban J connectivity index is 0.000000203. The van der Waals surface area contributed by atoms with Crippen LogP contribution in [-0.4, -0.2) is 22.0 Å². The summed E-state index contributed by atoms with van der Waals surface area (Å²) in [7, 11) is 0.